The number of nitrogens with zero attached hydrogens (tertiary/aromatic N) is 1. The molecular weight excluding hydrogens is 352 g/mol. The van der Waals surface area contributed by atoms with Gasteiger partial charge in [0.1, 0.15) is 5.75 Å². The number of thioether (sulfide) groups is 1. The van der Waals surface area contributed by atoms with Gasteiger partial charge in [-0.15, -0.1) is 11.8 Å². The summed E-state index contributed by atoms with van der Waals surface area (Å²) in [4.78, 5) is 38.2. The minimum Gasteiger partial charge on any atom is -0.495 e. The van der Waals surface area contributed by atoms with Crippen LogP contribution in [-0.2, 0) is 14.4 Å². The number of ether oxygens (including phenoxy) is 1. The highest BCUT2D eigenvalue weighted by Gasteiger charge is 2.41. The van der Waals surface area contributed by atoms with E-state index in [0.29, 0.717) is 17.1 Å². The van der Waals surface area contributed by atoms with Gasteiger partial charge in [0, 0.05) is 12.1 Å². The number of imide groups is 1. The van der Waals surface area contributed by atoms with E-state index in [1.165, 1.54) is 18.9 Å². The van der Waals surface area contributed by atoms with Crippen molar-refractivity contribution in [2.75, 3.05) is 23.1 Å². The molecule has 1 fully saturated rings. The summed E-state index contributed by atoms with van der Waals surface area (Å²) in [6.07, 6.45) is 0.0696. The number of benzene rings is 2. The van der Waals surface area contributed by atoms with Gasteiger partial charge < -0.3 is 10.1 Å². The number of para-hydroxylation sites is 3. The van der Waals surface area contributed by atoms with Crippen LogP contribution in [0.3, 0.4) is 0 Å². The third-order valence-electron chi connectivity index (χ3n) is 3.90. The first-order valence-electron chi connectivity index (χ1n) is 8.06. The van der Waals surface area contributed by atoms with Crippen LogP contribution >= 0.6 is 11.8 Å². The van der Waals surface area contributed by atoms with Crippen LogP contribution < -0.4 is 15.0 Å². The Kier molecular flexibility index (Phi) is 5.58. The SMILES string of the molecule is COc1ccccc1N1C(=O)C[C@@H](SCC(=O)Nc2ccccc2)C1=O. The molecule has 0 aliphatic carbocycles. The van der Waals surface area contributed by atoms with Gasteiger partial charge in [-0.2, -0.15) is 0 Å². The normalized spacial score (nSPS) is 16.7. The summed E-state index contributed by atoms with van der Waals surface area (Å²) >= 11 is 1.17. The Morgan fingerprint density at radius 1 is 1.15 bits per heavy atom. The fraction of sp³-hybridized carbons (Fsp3) is 0.211. The molecule has 0 radical (unpaired) electrons. The second-order valence-electron chi connectivity index (χ2n) is 5.66. The number of methoxy groups -OCH3 is 1. The molecule has 3 rings (SSSR count). The van der Waals surface area contributed by atoms with E-state index in [4.69, 9.17) is 4.74 Å². The molecule has 0 unspecified atom stereocenters. The quantitative estimate of drug-likeness (QED) is 0.792. The van der Waals surface area contributed by atoms with E-state index in [9.17, 15) is 14.4 Å². The summed E-state index contributed by atoms with van der Waals surface area (Å²) in [5.41, 5.74) is 1.13. The maximum atomic E-state index is 12.7. The maximum absolute atomic E-state index is 12.7. The van der Waals surface area contributed by atoms with Crippen LogP contribution in [0.2, 0.25) is 0 Å². The molecule has 3 amide bonds. The van der Waals surface area contributed by atoms with E-state index in [2.05, 4.69) is 5.32 Å². The highest BCUT2D eigenvalue weighted by molar-refractivity contribution is 8.01. The van der Waals surface area contributed by atoms with Crippen molar-refractivity contribution in [2.45, 2.75) is 11.7 Å². The lowest BCUT2D eigenvalue weighted by atomic mass is 10.2. The van der Waals surface area contributed by atoms with Crippen molar-refractivity contribution in [1.29, 1.82) is 0 Å². The second kappa shape index (κ2) is 8.05. The molecule has 2 aromatic carbocycles. The largest absolute Gasteiger partial charge is 0.495 e. The Morgan fingerprint density at radius 3 is 2.58 bits per heavy atom. The number of carbonyl (C=O) groups is 3. The predicted octanol–water partition coefficient (Wildman–Crippen LogP) is 2.70. The smallest absolute Gasteiger partial charge is 0.247 e. The molecule has 2 aromatic rings. The van der Waals surface area contributed by atoms with Gasteiger partial charge >= 0.3 is 0 Å². The zero-order valence-electron chi connectivity index (χ0n) is 14.2. The van der Waals surface area contributed by atoms with Crippen LogP contribution in [-0.4, -0.2) is 35.8 Å². The standard InChI is InChI=1S/C19H18N2O4S/c1-25-15-10-6-5-9-14(15)21-18(23)11-16(19(21)24)26-12-17(22)20-13-7-3-2-4-8-13/h2-10,16H,11-12H2,1H3,(H,20,22)/t16-/m1/s1. The number of nitrogens with one attached hydrogen (secondary N) is 1. The molecule has 1 aliphatic rings. The van der Waals surface area contributed by atoms with E-state index in [1.807, 2.05) is 18.2 Å². The zero-order valence-corrected chi connectivity index (χ0v) is 15.0. The van der Waals surface area contributed by atoms with Crippen LogP contribution in [0.1, 0.15) is 6.42 Å². The van der Waals surface area contributed by atoms with Gasteiger partial charge in [0.25, 0.3) is 0 Å². The average Bonchev–Trinajstić information content (AvgIpc) is 2.94. The van der Waals surface area contributed by atoms with Crippen molar-refractivity contribution in [3.8, 4) is 5.75 Å². The summed E-state index contributed by atoms with van der Waals surface area (Å²) in [5.74, 6) is -0.269. The first kappa shape index (κ1) is 18.0. The Bertz CT molecular complexity index is 825. The van der Waals surface area contributed by atoms with Crippen molar-refractivity contribution >= 4 is 40.9 Å². The molecule has 1 N–H and O–H groups in total. The fourth-order valence-electron chi connectivity index (χ4n) is 2.70. The first-order chi connectivity index (χ1) is 12.6. The minimum atomic E-state index is -0.575. The van der Waals surface area contributed by atoms with E-state index in [0.717, 1.165) is 4.90 Å². The Hall–Kier alpha value is -2.80. The second-order valence-corrected chi connectivity index (χ2v) is 6.85. The lowest BCUT2D eigenvalue weighted by Gasteiger charge is -2.17. The fourth-order valence-corrected chi connectivity index (χ4v) is 3.63. The highest BCUT2D eigenvalue weighted by atomic mass is 32.2. The van der Waals surface area contributed by atoms with Gasteiger partial charge in [0.2, 0.25) is 17.7 Å². The van der Waals surface area contributed by atoms with Gasteiger partial charge in [0.15, 0.2) is 0 Å². The Morgan fingerprint density at radius 2 is 1.85 bits per heavy atom. The monoisotopic (exact) mass is 370 g/mol. The van der Waals surface area contributed by atoms with Gasteiger partial charge in [0.05, 0.1) is 23.8 Å². The van der Waals surface area contributed by atoms with E-state index in [1.54, 1.807) is 36.4 Å². The molecule has 0 saturated carbocycles. The lowest BCUT2D eigenvalue weighted by molar-refractivity contribution is -0.121. The Balaban J connectivity index is 1.63. The number of amides is 3. The maximum Gasteiger partial charge on any atom is 0.247 e. The third kappa shape index (κ3) is 3.88. The molecule has 0 aromatic heterocycles. The van der Waals surface area contributed by atoms with Crippen molar-refractivity contribution in [1.82, 2.24) is 0 Å². The highest BCUT2D eigenvalue weighted by Crippen LogP contribution is 2.35. The van der Waals surface area contributed by atoms with Crippen LogP contribution in [0, 0.1) is 0 Å². The molecule has 26 heavy (non-hydrogen) atoms. The van der Waals surface area contributed by atoms with E-state index in [-0.39, 0.29) is 29.9 Å². The molecule has 1 atom stereocenters. The van der Waals surface area contributed by atoms with Crippen LogP contribution in [0.5, 0.6) is 5.75 Å². The van der Waals surface area contributed by atoms with Crippen LogP contribution in [0.15, 0.2) is 54.6 Å². The lowest BCUT2D eigenvalue weighted by Crippen LogP contribution is -2.31. The van der Waals surface area contributed by atoms with Gasteiger partial charge in [-0.3, -0.25) is 14.4 Å². The average molecular weight is 370 g/mol. The van der Waals surface area contributed by atoms with Crippen molar-refractivity contribution in [2.24, 2.45) is 0 Å². The Labute approximate surface area is 155 Å². The molecule has 0 spiro atoms. The number of carbonyl (C=O) groups excluding carboxylic acids is 3. The molecule has 134 valence electrons. The van der Waals surface area contributed by atoms with Crippen LogP contribution in [0.4, 0.5) is 11.4 Å². The van der Waals surface area contributed by atoms with Gasteiger partial charge in [-0.25, -0.2) is 4.90 Å². The summed E-state index contributed by atoms with van der Waals surface area (Å²) in [7, 11) is 1.49. The van der Waals surface area contributed by atoms with Crippen molar-refractivity contribution < 1.29 is 19.1 Å². The zero-order chi connectivity index (χ0) is 18.5. The van der Waals surface area contributed by atoms with E-state index < -0.39 is 5.25 Å². The predicted molar refractivity (Wildman–Crippen MR) is 101 cm³/mol. The third-order valence-corrected chi connectivity index (χ3v) is 5.10. The summed E-state index contributed by atoms with van der Waals surface area (Å²) in [6, 6.07) is 16.0. The summed E-state index contributed by atoms with van der Waals surface area (Å²) < 4.78 is 5.24. The summed E-state index contributed by atoms with van der Waals surface area (Å²) in [5, 5.41) is 2.19. The van der Waals surface area contributed by atoms with Gasteiger partial charge in [-0.1, -0.05) is 30.3 Å². The molecule has 6 nitrogen and oxygen atoms in total. The topological polar surface area (TPSA) is 75.7 Å². The minimum absolute atomic E-state index is 0.0696. The van der Waals surface area contributed by atoms with Gasteiger partial charge in [-0.05, 0) is 24.3 Å². The molecule has 7 heteroatoms. The number of anilines is 2. The van der Waals surface area contributed by atoms with Crippen molar-refractivity contribution in [3.63, 3.8) is 0 Å². The summed E-state index contributed by atoms with van der Waals surface area (Å²) in [6.45, 7) is 0. The molecule has 1 aliphatic heterocycles. The molecule has 1 saturated heterocycles. The molecule has 0 bridgehead atoms. The number of hydrogen-bond donors (Lipinski definition) is 1. The van der Waals surface area contributed by atoms with E-state index >= 15 is 0 Å². The molecule has 1 heterocycles. The van der Waals surface area contributed by atoms with Crippen molar-refractivity contribution in [3.05, 3.63) is 54.6 Å². The van der Waals surface area contributed by atoms with Crippen LogP contribution in [0.25, 0.3) is 0 Å². The number of rotatable bonds is 6. The number of hydrogen-bond acceptors (Lipinski definition) is 5. The first-order valence-corrected chi connectivity index (χ1v) is 9.11. The molecular formula is C19H18N2O4S.